The van der Waals surface area contributed by atoms with Gasteiger partial charge < -0.3 is 5.11 Å². The lowest BCUT2D eigenvalue weighted by Crippen LogP contribution is -2.46. The molecule has 1 fully saturated rings. The van der Waals surface area contributed by atoms with Gasteiger partial charge >= 0.3 is 0 Å². The summed E-state index contributed by atoms with van der Waals surface area (Å²) in [7, 11) is 0. The predicted molar refractivity (Wildman–Crippen MR) is 125 cm³/mol. The summed E-state index contributed by atoms with van der Waals surface area (Å²) in [4.78, 5) is 2.43. The maximum atomic E-state index is 13.3. The van der Waals surface area contributed by atoms with Crippen LogP contribution in [-0.2, 0) is 0 Å². The number of benzene rings is 2. The van der Waals surface area contributed by atoms with Crippen molar-refractivity contribution in [2.24, 2.45) is 0 Å². The topological polar surface area (TPSA) is 54.2 Å². The normalized spacial score (nSPS) is 21.7. The zero-order valence-electron chi connectivity index (χ0n) is 19.0. The van der Waals surface area contributed by atoms with Crippen molar-refractivity contribution in [3.63, 3.8) is 0 Å². The van der Waals surface area contributed by atoms with Crippen LogP contribution in [0.25, 0.3) is 11.3 Å². The Morgan fingerprint density at radius 1 is 1.03 bits per heavy atom. The molecule has 3 unspecified atom stereocenters. The SMILES string of the molecule is CCCCCCN1CC(O)C(n2cc(-c3ccc(F)cc3)nn2)CC1c1ccc(C)cc1. The molecule has 3 aromatic rings. The number of rotatable bonds is 8. The molecule has 3 atom stereocenters. The molecule has 5 nitrogen and oxygen atoms in total. The molecule has 170 valence electrons. The Morgan fingerprint density at radius 3 is 2.50 bits per heavy atom. The maximum absolute atomic E-state index is 13.3. The first-order valence-corrected chi connectivity index (χ1v) is 11.7. The second kappa shape index (κ2) is 10.4. The molecule has 1 aromatic heterocycles. The van der Waals surface area contributed by atoms with Gasteiger partial charge in [-0.15, -0.1) is 5.10 Å². The van der Waals surface area contributed by atoms with Gasteiger partial charge in [-0.3, -0.25) is 4.90 Å². The second-order valence-corrected chi connectivity index (χ2v) is 8.94. The lowest BCUT2D eigenvalue weighted by Gasteiger charge is -2.42. The van der Waals surface area contributed by atoms with E-state index >= 15 is 0 Å². The molecule has 0 saturated carbocycles. The first-order chi connectivity index (χ1) is 15.5. The fraction of sp³-hybridized carbons (Fsp3) is 0.462. The van der Waals surface area contributed by atoms with Gasteiger partial charge in [-0.25, -0.2) is 9.07 Å². The Kier molecular flexibility index (Phi) is 7.33. The van der Waals surface area contributed by atoms with Gasteiger partial charge in [-0.2, -0.15) is 0 Å². The molecule has 6 heteroatoms. The number of likely N-dealkylation sites (tertiary alicyclic amines) is 1. The largest absolute Gasteiger partial charge is 0.390 e. The predicted octanol–water partition coefficient (Wildman–Crippen LogP) is 5.32. The molecule has 2 aromatic carbocycles. The third kappa shape index (κ3) is 5.25. The number of hydrogen-bond acceptors (Lipinski definition) is 4. The Hall–Kier alpha value is -2.57. The highest BCUT2D eigenvalue weighted by Gasteiger charge is 2.36. The molecule has 4 rings (SSSR count). The van der Waals surface area contributed by atoms with Crippen LogP contribution in [0.5, 0.6) is 0 Å². The van der Waals surface area contributed by atoms with E-state index in [2.05, 4.69) is 53.3 Å². The first kappa shape index (κ1) is 22.6. The van der Waals surface area contributed by atoms with Crippen LogP contribution in [0, 0.1) is 12.7 Å². The number of aromatic nitrogens is 3. The van der Waals surface area contributed by atoms with Crippen molar-refractivity contribution in [3.05, 3.63) is 71.7 Å². The van der Waals surface area contributed by atoms with Gasteiger partial charge in [0.05, 0.1) is 18.3 Å². The Bertz CT molecular complexity index is 986. The van der Waals surface area contributed by atoms with Crippen LogP contribution < -0.4 is 0 Å². The standard InChI is InChI=1S/C26H33FN4O/c1-3-4-5-6-15-30-18-26(32)25(16-24(30)21-9-7-19(2)8-10-21)31-17-23(28-29-31)20-11-13-22(27)14-12-20/h7-14,17,24-26,32H,3-6,15-16,18H2,1-2H3. The minimum Gasteiger partial charge on any atom is -0.390 e. The van der Waals surface area contributed by atoms with E-state index in [1.54, 1.807) is 16.8 Å². The maximum Gasteiger partial charge on any atom is 0.123 e. The zero-order chi connectivity index (χ0) is 22.5. The molecule has 1 N–H and O–H groups in total. The van der Waals surface area contributed by atoms with Crippen molar-refractivity contribution < 1.29 is 9.50 Å². The number of β-amino-alcohol motifs (C(OH)–C–C–N with tert-alkyl or cyclic N) is 1. The Labute approximate surface area is 189 Å². The van der Waals surface area contributed by atoms with E-state index in [1.165, 1.54) is 42.5 Å². The lowest BCUT2D eigenvalue weighted by atomic mass is 9.89. The minimum atomic E-state index is -0.523. The smallest absolute Gasteiger partial charge is 0.123 e. The minimum absolute atomic E-state index is 0.158. The zero-order valence-corrected chi connectivity index (χ0v) is 19.0. The summed E-state index contributed by atoms with van der Waals surface area (Å²) >= 11 is 0. The molecule has 1 aliphatic heterocycles. The van der Waals surface area contributed by atoms with Crippen LogP contribution in [0.4, 0.5) is 4.39 Å². The van der Waals surface area contributed by atoms with Crippen molar-refractivity contribution in [3.8, 4) is 11.3 Å². The van der Waals surface area contributed by atoms with Gasteiger partial charge in [0.2, 0.25) is 0 Å². The van der Waals surface area contributed by atoms with Crippen molar-refractivity contribution in [2.75, 3.05) is 13.1 Å². The van der Waals surface area contributed by atoms with E-state index in [9.17, 15) is 9.50 Å². The number of hydrogen-bond donors (Lipinski definition) is 1. The van der Waals surface area contributed by atoms with E-state index in [4.69, 9.17) is 0 Å². The Balaban J connectivity index is 1.55. The summed E-state index contributed by atoms with van der Waals surface area (Å²) in [6, 6.07) is 15.1. The molecule has 0 aliphatic carbocycles. The average molecular weight is 437 g/mol. The monoisotopic (exact) mass is 436 g/mol. The van der Waals surface area contributed by atoms with Gasteiger partial charge in [-0.1, -0.05) is 61.2 Å². The molecule has 0 amide bonds. The molecule has 0 bridgehead atoms. The fourth-order valence-corrected chi connectivity index (χ4v) is 4.62. The van der Waals surface area contributed by atoms with Gasteiger partial charge in [0.25, 0.3) is 0 Å². The number of aliphatic hydroxyl groups is 1. The van der Waals surface area contributed by atoms with Gasteiger partial charge in [0.1, 0.15) is 11.5 Å². The molecule has 0 spiro atoms. The van der Waals surface area contributed by atoms with Crippen LogP contribution >= 0.6 is 0 Å². The number of nitrogens with zero attached hydrogens (tertiary/aromatic N) is 4. The van der Waals surface area contributed by atoms with E-state index in [1.807, 2.05) is 6.20 Å². The summed E-state index contributed by atoms with van der Waals surface area (Å²) in [6.07, 6.45) is 6.94. The number of halogens is 1. The number of aliphatic hydroxyl groups excluding tert-OH is 1. The molecule has 32 heavy (non-hydrogen) atoms. The highest BCUT2D eigenvalue weighted by molar-refractivity contribution is 5.57. The number of piperidine rings is 1. The molecule has 2 heterocycles. The van der Waals surface area contributed by atoms with E-state index < -0.39 is 6.10 Å². The summed E-state index contributed by atoms with van der Waals surface area (Å²) in [5.41, 5.74) is 4.03. The number of aryl methyl sites for hydroxylation is 1. The van der Waals surface area contributed by atoms with Gasteiger partial charge in [0, 0.05) is 18.2 Å². The van der Waals surface area contributed by atoms with Crippen molar-refractivity contribution in [2.45, 2.75) is 64.1 Å². The first-order valence-electron chi connectivity index (χ1n) is 11.7. The molecule has 0 radical (unpaired) electrons. The van der Waals surface area contributed by atoms with Crippen LogP contribution in [0.15, 0.2) is 54.7 Å². The lowest BCUT2D eigenvalue weighted by molar-refractivity contribution is -0.0102. The van der Waals surface area contributed by atoms with Gasteiger partial charge in [0.15, 0.2) is 0 Å². The highest BCUT2D eigenvalue weighted by Crippen LogP contribution is 2.37. The van der Waals surface area contributed by atoms with Crippen molar-refractivity contribution in [1.29, 1.82) is 0 Å². The fourth-order valence-electron chi connectivity index (χ4n) is 4.62. The Morgan fingerprint density at radius 2 is 1.78 bits per heavy atom. The summed E-state index contributed by atoms with van der Waals surface area (Å²) in [6.45, 7) is 5.93. The third-order valence-corrected chi connectivity index (χ3v) is 6.52. The van der Waals surface area contributed by atoms with Crippen LogP contribution in [-0.4, -0.2) is 44.2 Å². The highest BCUT2D eigenvalue weighted by atomic mass is 19.1. The number of unbranched alkanes of at least 4 members (excludes halogenated alkanes) is 3. The third-order valence-electron chi connectivity index (χ3n) is 6.52. The van der Waals surface area contributed by atoms with Crippen LogP contribution in [0.1, 0.15) is 62.2 Å². The molecule has 1 saturated heterocycles. The molecular formula is C26H33FN4O. The van der Waals surface area contributed by atoms with E-state index in [0.717, 1.165) is 24.9 Å². The summed E-state index contributed by atoms with van der Waals surface area (Å²) in [5.74, 6) is -0.274. The second-order valence-electron chi connectivity index (χ2n) is 8.94. The van der Waals surface area contributed by atoms with Crippen LogP contribution in [0.3, 0.4) is 0 Å². The summed E-state index contributed by atoms with van der Waals surface area (Å²) < 4.78 is 15.1. The van der Waals surface area contributed by atoms with Crippen molar-refractivity contribution >= 4 is 0 Å². The van der Waals surface area contributed by atoms with Gasteiger partial charge in [-0.05, 0) is 56.1 Å². The summed E-state index contributed by atoms with van der Waals surface area (Å²) in [5, 5.41) is 19.7. The van der Waals surface area contributed by atoms with E-state index in [0.29, 0.717) is 12.2 Å². The van der Waals surface area contributed by atoms with Crippen molar-refractivity contribution in [1.82, 2.24) is 19.9 Å². The quantitative estimate of drug-likeness (QED) is 0.486. The molecule has 1 aliphatic rings. The van der Waals surface area contributed by atoms with E-state index in [-0.39, 0.29) is 17.9 Å². The average Bonchev–Trinajstić information content (AvgIpc) is 3.28. The molecular weight excluding hydrogens is 403 g/mol. The van der Waals surface area contributed by atoms with Crippen LogP contribution in [0.2, 0.25) is 0 Å².